The Balaban J connectivity index is 1.42. The lowest BCUT2D eigenvalue weighted by molar-refractivity contribution is 0.345. The van der Waals surface area contributed by atoms with Crippen molar-refractivity contribution in [2.45, 2.75) is 34.8 Å². The first-order chi connectivity index (χ1) is 16.2. The highest BCUT2D eigenvalue weighted by Gasteiger charge is 2.35. The molecule has 0 spiro atoms. The van der Waals surface area contributed by atoms with Crippen LogP contribution in [0.15, 0.2) is 82.6 Å². The lowest BCUT2D eigenvalue weighted by Gasteiger charge is -2.31. The number of ether oxygens (including phenoxy) is 2. The molecule has 0 aromatic heterocycles. The van der Waals surface area contributed by atoms with E-state index in [9.17, 15) is 16.8 Å². The highest BCUT2D eigenvalue weighted by atomic mass is 32.2. The number of sulfonamides is 1. The summed E-state index contributed by atoms with van der Waals surface area (Å²) in [7, 11) is -5.77. The molecule has 0 bridgehead atoms. The van der Waals surface area contributed by atoms with Crippen LogP contribution in [0.25, 0.3) is 0 Å². The van der Waals surface area contributed by atoms with Crippen LogP contribution < -0.4 is 9.47 Å². The van der Waals surface area contributed by atoms with Gasteiger partial charge in [-0.3, -0.25) is 0 Å². The minimum absolute atomic E-state index is 0.143. The molecule has 0 radical (unpaired) electrons. The lowest BCUT2D eigenvalue weighted by atomic mass is 10.2. The molecule has 1 fully saturated rings. The molecule has 0 unspecified atom stereocenters. The Kier molecular flexibility index (Phi) is 6.97. The molecule has 4 rings (SSSR count). The molecular weight excluding hydrogens is 474 g/mol. The van der Waals surface area contributed by atoms with Gasteiger partial charge in [0.2, 0.25) is 10.0 Å². The molecule has 34 heavy (non-hydrogen) atoms. The number of aryl methyl sites for hydroxylation is 1. The van der Waals surface area contributed by atoms with Crippen molar-refractivity contribution in [2.75, 3.05) is 20.2 Å². The molecule has 0 N–H and O–H groups in total. The van der Waals surface area contributed by atoms with Crippen LogP contribution in [0.5, 0.6) is 17.2 Å². The number of hydrogen-bond donors (Lipinski definition) is 0. The molecule has 9 heteroatoms. The average molecular weight is 502 g/mol. The molecule has 180 valence electrons. The molecular formula is C25H27NO6S2. The quantitative estimate of drug-likeness (QED) is 0.476. The Hall–Kier alpha value is -2.88. The van der Waals surface area contributed by atoms with E-state index < -0.39 is 25.1 Å². The van der Waals surface area contributed by atoms with E-state index in [4.69, 9.17) is 9.47 Å². The largest absolute Gasteiger partial charge is 0.497 e. The second kappa shape index (κ2) is 9.77. The third-order valence-corrected chi connectivity index (χ3v) is 10.1. The first-order valence-electron chi connectivity index (χ1n) is 10.9. The minimum atomic E-state index is -3.73. The maximum absolute atomic E-state index is 13.1. The van der Waals surface area contributed by atoms with Gasteiger partial charge >= 0.3 is 0 Å². The van der Waals surface area contributed by atoms with Gasteiger partial charge in [0.1, 0.15) is 17.2 Å². The Bertz CT molecular complexity index is 1340. The fraction of sp³-hybridized carbons (Fsp3) is 0.280. The van der Waals surface area contributed by atoms with Gasteiger partial charge in [-0.2, -0.15) is 4.31 Å². The van der Waals surface area contributed by atoms with E-state index >= 15 is 0 Å². The predicted molar refractivity (Wildman–Crippen MR) is 130 cm³/mol. The summed E-state index contributed by atoms with van der Waals surface area (Å²) in [5.41, 5.74) is 1.06. The topological polar surface area (TPSA) is 90.0 Å². The van der Waals surface area contributed by atoms with Crippen molar-refractivity contribution in [3.63, 3.8) is 0 Å². The molecule has 1 aliphatic rings. The van der Waals surface area contributed by atoms with Crippen LogP contribution in [-0.4, -0.2) is 46.6 Å². The van der Waals surface area contributed by atoms with Gasteiger partial charge in [0.25, 0.3) is 0 Å². The van der Waals surface area contributed by atoms with Gasteiger partial charge in [0.15, 0.2) is 9.84 Å². The van der Waals surface area contributed by atoms with Crippen LogP contribution in [0.1, 0.15) is 18.4 Å². The fourth-order valence-corrected chi connectivity index (χ4v) is 7.19. The average Bonchev–Trinajstić information content (AvgIpc) is 2.84. The number of rotatable bonds is 7. The van der Waals surface area contributed by atoms with Crippen molar-refractivity contribution in [3.05, 3.63) is 78.4 Å². The maximum atomic E-state index is 13.1. The second-order valence-corrected chi connectivity index (χ2v) is 12.4. The third-order valence-electron chi connectivity index (χ3n) is 5.91. The maximum Gasteiger partial charge on any atom is 0.243 e. The molecule has 3 aromatic rings. The van der Waals surface area contributed by atoms with Crippen molar-refractivity contribution in [1.29, 1.82) is 0 Å². The van der Waals surface area contributed by atoms with E-state index in [0.29, 0.717) is 17.2 Å². The second-order valence-electron chi connectivity index (χ2n) is 8.21. The molecule has 0 amide bonds. The molecule has 3 aromatic carbocycles. The van der Waals surface area contributed by atoms with E-state index in [2.05, 4.69) is 0 Å². The van der Waals surface area contributed by atoms with E-state index in [1.807, 2.05) is 31.2 Å². The first kappa shape index (κ1) is 24.3. The molecule has 0 atom stereocenters. The molecule has 1 aliphatic heterocycles. The van der Waals surface area contributed by atoms with Crippen LogP contribution in [0, 0.1) is 6.92 Å². The molecule has 1 heterocycles. The number of nitrogens with zero attached hydrogens (tertiary/aromatic N) is 1. The van der Waals surface area contributed by atoms with E-state index in [0.717, 1.165) is 5.56 Å². The zero-order valence-electron chi connectivity index (χ0n) is 19.0. The van der Waals surface area contributed by atoms with Crippen molar-refractivity contribution < 1.29 is 26.3 Å². The number of sulfone groups is 1. The smallest absolute Gasteiger partial charge is 0.243 e. The number of methoxy groups -OCH3 is 1. The SMILES string of the molecule is COc1ccc(S(=O)(=O)C2CCN(S(=O)(=O)c3ccc(Oc4cccc(C)c4)cc3)CC2)cc1. The Morgan fingerprint density at radius 3 is 1.94 bits per heavy atom. The van der Waals surface area contributed by atoms with E-state index in [-0.39, 0.29) is 35.7 Å². The van der Waals surface area contributed by atoms with Gasteiger partial charge in [-0.25, -0.2) is 16.8 Å². The van der Waals surface area contributed by atoms with Crippen LogP contribution in [0.3, 0.4) is 0 Å². The number of hydrogen-bond acceptors (Lipinski definition) is 6. The van der Waals surface area contributed by atoms with Crippen LogP contribution in [0.4, 0.5) is 0 Å². The standard InChI is InChI=1S/C25H27NO6S2/c1-19-4-3-5-22(18-19)32-21-8-12-25(13-9-21)34(29,30)26-16-14-24(15-17-26)33(27,28)23-10-6-20(31-2)7-11-23/h3-13,18,24H,14-17H2,1-2H3. The zero-order valence-corrected chi connectivity index (χ0v) is 20.7. The normalized spacial score (nSPS) is 15.7. The summed E-state index contributed by atoms with van der Waals surface area (Å²) in [6.45, 7) is 2.25. The summed E-state index contributed by atoms with van der Waals surface area (Å²) in [6, 6.07) is 20.1. The summed E-state index contributed by atoms with van der Waals surface area (Å²) in [5, 5.41) is -0.627. The highest BCUT2D eigenvalue weighted by molar-refractivity contribution is 7.92. The van der Waals surface area contributed by atoms with Crippen molar-refractivity contribution in [1.82, 2.24) is 4.31 Å². The Labute approximate surface area is 200 Å². The predicted octanol–water partition coefficient (Wildman–Crippen LogP) is 4.42. The van der Waals surface area contributed by atoms with Crippen LogP contribution in [0.2, 0.25) is 0 Å². The molecule has 0 aliphatic carbocycles. The van der Waals surface area contributed by atoms with Crippen molar-refractivity contribution >= 4 is 19.9 Å². The highest BCUT2D eigenvalue weighted by Crippen LogP contribution is 2.30. The van der Waals surface area contributed by atoms with E-state index in [1.165, 1.54) is 35.7 Å². The molecule has 7 nitrogen and oxygen atoms in total. The van der Waals surface area contributed by atoms with Crippen molar-refractivity contribution in [3.8, 4) is 17.2 Å². The fourth-order valence-electron chi connectivity index (χ4n) is 3.98. The molecule has 1 saturated heterocycles. The lowest BCUT2D eigenvalue weighted by Crippen LogP contribution is -2.42. The van der Waals surface area contributed by atoms with Gasteiger partial charge < -0.3 is 9.47 Å². The Morgan fingerprint density at radius 2 is 1.35 bits per heavy atom. The monoisotopic (exact) mass is 501 g/mol. The zero-order chi connectivity index (χ0) is 24.3. The minimum Gasteiger partial charge on any atom is -0.497 e. The van der Waals surface area contributed by atoms with Crippen LogP contribution >= 0.6 is 0 Å². The summed E-state index contributed by atoms with van der Waals surface area (Å²) in [5.74, 6) is 1.79. The van der Waals surface area contributed by atoms with Gasteiger partial charge in [0.05, 0.1) is 22.2 Å². The summed E-state index contributed by atoms with van der Waals surface area (Å²) < 4.78 is 64.5. The van der Waals surface area contributed by atoms with Crippen LogP contribution in [-0.2, 0) is 19.9 Å². The van der Waals surface area contributed by atoms with Gasteiger partial charge in [-0.15, -0.1) is 0 Å². The number of benzene rings is 3. The number of piperidine rings is 1. The molecule has 0 saturated carbocycles. The summed E-state index contributed by atoms with van der Waals surface area (Å²) >= 11 is 0. The van der Waals surface area contributed by atoms with Crippen molar-refractivity contribution in [2.24, 2.45) is 0 Å². The summed E-state index contributed by atoms with van der Waals surface area (Å²) in [6.07, 6.45) is 0.476. The summed E-state index contributed by atoms with van der Waals surface area (Å²) in [4.78, 5) is 0.374. The Morgan fingerprint density at radius 1 is 0.765 bits per heavy atom. The van der Waals surface area contributed by atoms with Gasteiger partial charge in [0, 0.05) is 13.1 Å². The van der Waals surface area contributed by atoms with Gasteiger partial charge in [-0.1, -0.05) is 12.1 Å². The third kappa shape index (κ3) is 5.11. The van der Waals surface area contributed by atoms with Gasteiger partial charge in [-0.05, 0) is 86.0 Å². The first-order valence-corrected chi connectivity index (χ1v) is 13.9. The van der Waals surface area contributed by atoms with E-state index in [1.54, 1.807) is 24.3 Å².